The summed E-state index contributed by atoms with van der Waals surface area (Å²) in [5.41, 5.74) is 1.97. The molecule has 1 aromatic carbocycles. The number of rotatable bonds is 6. The Bertz CT molecular complexity index is 494. The summed E-state index contributed by atoms with van der Waals surface area (Å²) in [7, 11) is 3.22. The Hall–Kier alpha value is -1.72. The monoisotopic (exact) mass is 263 g/mol. The van der Waals surface area contributed by atoms with Gasteiger partial charge in [0.25, 0.3) is 11.8 Å². The third kappa shape index (κ3) is 3.00. The first-order chi connectivity index (χ1) is 9.15. The molecule has 1 heterocycles. The smallest absolute Gasteiger partial charge is 0.258 e. The number of hydrogen-bond donors (Lipinski definition) is 1. The van der Waals surface area contributed by atoms with E-state index in [2.05, 4.69) is 5.32 Å². The van der Waals surface area contributed by atoms with E-state index in [-0.39, 0.29) is 18.1 Å². The van der Waals surface area contributed by atoms with Crippen molar-refractivity contribution in [3.8, 4) is 0 Å². The van der Waals surface area contributed by atoms with Gasteiger partial charge in [0, 0.05) is 14.2 Å². The van der Waals surface area contributed by atoms with E-state index in [0.717, 1.165) is 24.8 Å². The molecule has 0 unspecified atom stereocenters. The number of nitrogens with one attached hydrogen (secondary N) is 1. The van der Waals surface area contributed by atoms with Crippen molar-refractivity contribution in [2.45, 2.75) is 25.6 Å². The highest BCUT2D eigenvalue weighted by Crippen LogP contribution is 2.19. The van der Waals surface area contributed by atoms with Crippen molar-refractivity contribution in [3.05, 3.63) is 34.9 Å². The number of carbonyl (C=O) groups is 2. The Morgan fingerprint density at radius 2 is 1.79 bits per heavy atom. The van der Waals surface area contributed by atoms with Crippen LogP contribution in [0.2, 0.25) is 0 Å². The molecule has 0 radical (unpaired) electrons. The zero-order valence-electron chi connectivity index (χ0n) is 11.1. The zero-order valence-corrected chi connectivity index (χ0v) is 11.1. The third-order valence-electron chi connectivity index (χ3n) is 3.23. The fraction of sp³-hybridized carbons (Fsp3) is 0.429. The number of benzene rings is 1. The van der Waals surface area contributed by atoms with Crippen LogP contribution >= 0.6 is 0 Å². The van der Waals surface area contributed by atoms with Gasteiger partial charge in [-0.25, -0.2) is 0 Å². The van der Waals surface area contributed by atoms with Gasteiger partial charge in [0.15, 0.2) is 6.29 Å². The number of imide groups is 1. The molecule has 1 aromatic rings. The number of carbonyl (C=O) groups excluding carboxylic acids is 2. The van der Waals surface area contributed by atoms with Gasteiger partial charge < -0.3 is 9.47 Å². The highest BCUT2D eigenvalue weighted by molar-refractivity contribution is 6.21. The first-order valence-corrected chi connectivity index (χ1v) is 6.20. The normalized spacial score (nSPS) is 13.8. The molecule has 5 heteroatoms. The molecule has 2 rings (SSSR count). The van der Waals surface area contributed by atoms with Crippen LogP contribution in [0.3, 0.4) is 0 Å². The van der Waals surface area contributed by atoms with Crippen LogP contribution in [0, 0.1) is 0 Å². The molecule has 0 spiro atoms. The first-order valence-electron chi connectivity index (χ1n) is 6.20. The van der Waals surface area contributed by atoms with Gasteiger partial charge in [-0.3, -0.25) is 14.9 Å². The quantitative estimate of drug-likeness (QED) is 0.624. The van der Waals surface area contributed by atoms with Gasteiger partial charge in [-0.2, -0.15) is 0 Å². The maximum Gasteiger partial charge on any atom is 0.258 e. The average molecular weight is 263 g/mol. The number of fused-ring (bicyclic) bond motifs is 1. The SMILES string of the molecule is COC(CCCc1ccc2c(c1)C(=O)NC2=O)OC. The van der Waals surface area contributed by atoms with Crippen molar-refractivity contribution in [3.63, 3.8) is 0 Å². The van der Waals surface area contributed by atoms with Crippen molar-refractivity contribution in [2.75, 3.05) is 14.2 Å². The molecule has 0 aliphatic carbocycles. The minimum absolute atomic E-state index is 0.195. The van der Waals surface area contributed by atoms with E-state index in [1.54, 1.807) is 26.4 Å². The largest absolute Gasteiger partial charge is 0.356 e. The summed E-state index contributed by atoms with van der Waals surface area (Å²) in [6, 6.07) is 5.37. The van der Waals surface area contributed by atoms with Gasteiger partial charge in [0.1, 0.15) is 0 Å². The lowest BCUT2D eigenvalue weighted by Crippen LogP contribution is -2.19. The molecule has 5 nitrogen and oxygen atoms in total. The molecule has 2 amide bonds. The predicted molar refractivity (Wildman–Crippen MR) is 69.0 cm³/mol. The Balaban J connectivity index is 1.98. The molecule has 19 heavy (non-hydrogen) atoms. The molecule has 102 valence electrons. The van der Waals surface area contributed by atoms with Gasteiger partial charge in [-0.05, 0) is 37.0 Å². The second-order valence-corrected chi connectivity index (χ2v) is 4.46. The van der Waals surface area contributed by atoms with Crippen LogP contribution in [0.5, 0.6) is 0 Å². The summed E-state index contributed by atoms with van der Waals surface area (Å²) in [5.74, 6) is -0.626. The summed E-state index contributed by atoms with van der Waals surface area (Å²) < 4.78 is 10.2. The van der Waals surface area contributed by atoms with Crippen LogP contribution < -0.4 is 5.32 Å². The van der Waals surface area contributed by atoms with E-state index >= 15 is 0 Å². The van der Waals surface area contributed by atoms with E-state index < -0.39 is 0 Å². The van der Waals surface area contributed by atoms with E-state index in [9.17, 15) is 9.59 Å². The topological polar surface area (TPSA) is 64.6 Å². The third-order valence-corrected chi connectivity index (χ3v) is 3.23. The molecule has 0 saturated heterocycles. The Labute approximate surface area is 111 Å². The molecule has 0 atom stereocenters. The van der Waals surface area contributed by atoms with Crippen LogP contribution in [-0.4, -0.2) is 32.3 Å². The second-order valence-electron chi connectivity index (χ2n) is 4.46. The fourth-order valence-electron chi connectivity index (χ4n) is 2.18. The van der Waals surface area contributed by atoms with E-state index in [1.165, 1.54) is 0 Å². The van der Waals surface area contributed by atoms with Crippen LogP contribution in [0.25, 0.3) is 0 Å². The van der Waals surface area contributed by atoms with Gasteiger partial charge in [-0.15, -0.1) is 0 Å². The zero-order chi connectivity index (χ0) is 13.8. The van der Waals surface area contributed by atoms with Crippen LogP contribution in [0.1, 0.15) is 39.1 Å². The molecule has 0 aromatic heterocycles. The second kappa shape index (κ2) is 5.95. The number of hydrogen-bond acceptors (Lipinski definition) is 4. The molecule has 1 aliphatic heterocycles. The summed E-state index contributed by atoms with van der Waals surface area (Å²) in [6.45, 7) is 0. The maximum atomic E-state index is 11.5. The molecule has 0 saturated carbocycles. The van der Waals surface area contributed by atoms with Crippen molar-refractivity contribution < 1.29 is 19.1 Å². The molecule has 1 N–H and O–H groups in total. The Kier molecular flexibility index (Phi) is 4.29. The number of aryl methyl sites for hydroxylation is 1. The Morgan fingerprint density at radius 1 is 1.11 bits per heavy atom. The van der Waals surface area contributed by atoms with E-state index in [0.29, 0.717) is 11.1 Å². The van der Waals surface area contributed by atoms with Crippen molar-refractivity contribution in [1.82, 2.24) is 5.32 Å². The predicted octanol–water partition coefficient (Wildman–Crippen LogP) is 1.51. The van der Waals surface area contributed by atoms with Crippen LogP contribution in [-0.2, 0) is 15.9 Å². The lowest BCUT2D eigenvalue weighted by molar-refractivity contribution is -0.106. The van der Waals surface area contributed by atoms with Crippen LogP contribution in [0.15, 0.2) is 18.2 Å². The average Bonchev–Trinajstić information content (AvgIpc) is 2.70. The number of methoxy groups -OCH3 is 2. The lowest BCUT2D eigenvalue weighted by Gasteiger charge is -2.12. The minimum Gasteiger partial charge on any atom is -0.356 e. The molecular weight excluding hydrogens is 246 g/mol. The maximum absolute atomic E-state index is 11.5. The molecule has 0 fully saturated rings. The van der Waals surface area contributed by atoms with Crippen molar-refractivity contribution >= 4 is 11.8 Å². The van der Waals surface area contributed by atoms with Crippen molar-refractivity contribution in [2.24, 2.45) is 0 Å². The summed E-state index contributed by atoms with van der Waals surface area (Å²) >= 11 is 0. The van der Waals surface area contributed by atoms with E-state index in [4.69, 9.17) is 9.47 Å². The minimum atomic E-state index is -0.314. The van der Waals surface area contributed by atoms with Gasteiger partial charge >= 0.3 is 0 Å². The number of amides is 2. The Morgan fingerprint density at radius 3 is 2.47 bits per heavy atom. The first kappa shape index (κ1) is 13.7. The van der Waals surface area contributed by atoms with Crippen molar-refractivity contribution in [1.29, 1.82) is 0 Å². The van der Waals surface area contributed by atoms with Crippen LogP contribution in [0.4, 0.5) is 0 Å². The highest BCUT2D eigenvalue weighted by atomic mass is 16.7. The standard InChI is InChI=1S/C14H17NO4/c1-18-12(19-2)5-3-4-9-6-7-10-11(8-9)14(17)15-13(10)16/h6-8,12H,3-5H2,1-2H3,(H,15,16,17). The fourth-order valence-corrected chi connectivity index (χ4v) is 2.18. The summed E-state index contributed by atoms with van der Waals surface area (Å²) in [5, 5.41) is 2.28. The van der Waals surface area contributed by atoms with Gasteiger partial charge in [0.2, 0.25) is 0 Å². The van der Waals surface area contributed by atoms with Gasteiger partial charge in [-0.1, -0.05) is 6.07 Å². The molecule has 1 aliphatic rings. The summed E-state index contributed by atoms with van der Waals surface area (Å²) in [6.07, 6.45) is 2.30. The summed E-state index contributed by atoms with van der Waals surface area (Å²) in [4.78, 5) is 22.9. The lowest BCUT2D eigenvalue weighted by atomic mass is 10.0. The molecular formula is C14H17NO4. The van der Waals surface area contributed by atoms with E-state index in [1.807, 2.05) is 6.07 Å². The number of ether oxygens (including phenoxy) is 2. The highest BCUT2D eigenvalue weighted by Gasteiger charge is 2.26. The van der Waals surface area contributed by atoms with Gasteiger partial charge in [0.05, 0.1) is 11.1 Å². The molecule has 0 bridgehead atoms.